The van der Waals surface area contributed by atoms with E-state index in [1.807, 2.05) is 24.3 Å². The summed E-state index contributed by atoms with van der Waals surface area (Å²) in [6.07, 6.45) is 0. The molecule has 0 spiro atoms. The topological polar surface area (TPSA) is 70.0 Å². The summed E-state index contributed by atoms with van der Waals surface area (Å²) < 4.78 is 12.5. The first-order valence-corrected chi connectivity index (χ1v) is 35.9. The summed E-state index contributed by atoms with van der Waals surface area (Å²) in [5, 5.41) is 13.2. The number of hydrogen-bond acceptors (Lipinski definition) is 6. The SMILES string of the molecule is CC1(C)c2cc(Cl)ccc2-c2ccc(-c3nc(-c4ccc(-c5ccccc5)cc4)c4c5ccccc5c5ccccc5c4n3)cc21.CC1(C)c2cc(Cl)ccc2-c2ccc(B3OC(C)(C)C(C)(C)O3)cc21.Clc1nc(-c2ccc(-c3ccccc3)cc2)c2c3ccccc3c3ccccc3c2n1. The Hall–Kier alpha value is -10.3. The highest BCUT2D eigenvalue weighted by molar-refractivity contribution is 6.62. The average molecular weight is 1380 g/mol. The van der Waals surface area contributed by atoms with Crippen molar-refractivity contribution in [2.45, 2.75) is 77.4 Å². The summed E-state index contributed by atoms with van der Waals surface area (Å²) >= 11 is 19.1. The maximum atomic E-state index is 6.47. The van der Waals surface area contributed by atoms with E-state index in [0.29, 0.717) is 0 Å². The minimum Gasteiger partial charge on any atom is -0.399 e. The molecule has 0 amide bonds. The van der Waals surface area contributed by atoms with Gasteiger partial charge in [-0.3, -0.25) is 0 Å². The lowest BCUT2D eigenvalue weighted by Gasteiger charge is -2.32. The molecule has 0 N–H and O–H groups in total. The summed E-state index contributed by atoms with van der Waals surface area (Å²) in [6, 6.07) is 97.9. The van der Waals surface area contributed by atoms with Gasteiger partial charge in [0, 0.05) is 59.1 Å². The van der Waals surface area contributed by atoms with Gasteiger partial charge in [0.25, 0.3) is 0 Å². The average Bonchev–Trinajstić information content (AvgIpc) is 1.21. The van der Waals surface area contributed by atoms with Crippen molar-refractivity contribution in [2.24, 2.45) is 0 Å². The molecule has 1 saturated heterocycles. The molecule has 3 heterocycles. The Bertz CT molecular complexity index is 6040. The van der Waals surface area contributed by atoms with E-state index in [4.69, 9.17) is 54.1 Å². The number of fused-ring (bicyclic) bond motifs is 18. The third-order valence-corrected chi connectivity index (χ3v) is 22.4. The van der Waals surface area contributed by atoms with Crippen LogP contribution in [0.25, 0.3) is 143 Å². The maximum Gasteiger partial charge on any atom is 0.494 e. The standard InChI is InChI=1S/C43H29ClN2.C28H17ClN2.C21H24BClO2/c1-43(2)37-24-29(20-22-33(37)34-23-21-30(44)25-38(34)43)42-45-40(28-18-16-27(17-19-28)26-10-4-3-5-11-26)39-35-14-8-6-12-31(35)32-13-7-9-15-36(32)41(39)46-42;29-28-30-26(20-16-14-19(15-17-20)18-8-2-1-3-9-18)25-23-12-6-4-10-21(23)22-11-5-7-13-24(22)27(25)31-28;1-19(2)17-11-13(22-24-20(3,4)21(5,6)25-22)7-9-15(17)16-10-8-14(23)12-18(16)19/h3-25H,1-2H3;1-17H;7-12H,1-6H3. The Morgan fingerprint density at radius 2 is 0.618 bits per heavy atom. The van der Waals surface area contributed by atoms with E-state index >= 15 is 0 Å². The van der Waals surface area contributed by atoms with Crippen molar-refractivity contribution in [3.63, 3.8) is 0 Å². The molecule has 1 fully saturated rings. The van der Waals surface area contributed by atoms with Gasteiger partial charge in [-0.1, -0.05) is 300 Å². The maximum absolute atomic E-state index is 6.47. The predicted molar refractivity (Wildman–Crippen MR) is 429 cm³/mol. The Balaban J connectivity index is 0.000000120. The van der Waals surface area contributed by atoms with Crippen molar-refractivity contribution in [3.8, 4) is 78.4 Å². The van der Waals surface area contributed by atoms with Crippen LogP contribution >= 0.6 is 34.8 Å². The molecule has 2 aliphatic carbocycles. The Morgan fingerprint density at radius 3 is 1.08 bits per heavy atom. The Morgan fingerprint density at radius 1 is 0.284 bits per heavy atom. The molecule has 14 aromatic carbocycles. The summed E-state index contributed by atoms with van der Waals surface area (Å²) in [7, 11) is -0.335. The zero-order valence-corrected chi connectivity index (χ0v) is 60.1. The van der Waals surface area contributed by atoms with Gasteiger partial charge in [-0.2, -0.15) is 0 Å². The lowest BCUT2D eigenvalue weighted by molar-refractivity contribution is 0.00578. The van der Waals surface area contributed by atoms with Crippen LogP contribution in [0.1, 0.15) is 77.6 Å². The highest BCUT2D eigenvalue weighted by Gasteiger charge is 2.52. The zero-order chi connectivity index (χ0) is 70.0. The first-order valence-electron chi connectivity index (χ1n) is 34.7. The monoisotopic (exact) mass is 1380 g/mol. The molecule has 6 nitrogen and oxygen atoms in total. The zero-order valence-electron chi connectivity index (χ0n) is 57.9. The van der Waals surface area contributed by atoms with E-state index in [9.17, 15) is 0 Å². The molecule has 1 aliphatic heterocycles. The fourth-order valence-corrected chi connectivity index (χ4v) is 16.2. The molecule has 0 radical (unpaired) electrons. The molecule has 494 valence electrons. The molecule has 102 heavy (non-hydrogen) atoms. The van der Waals surface area contributed by atoms with Crippen LogP contribution in [0.5, 0.6) is 0 Å². The molecular formula is C92H70BCl3N4O2. The lowest BCUT2D eigenvalue weighted by Crippen LogP contribution is -2.41. The predicted octanol–water partition coefficient (Wildman–Crippen LogP) is 24.8. The fourth-order valence-electron chi connectivity index (χ4n) is 15.7. The first kappa shape index (κ1) is 65.0. The number of aromatic nitrogens is 4. The second kappa shape index (κ2) is 25.0. The van der Waals surface area contributed by atoms with Crippen molar-refractivity contribution in [2.75, 3.05) is 0 Å². The molecule has 3 aliphatic rings. The molecule has 0 atom stereocenters. The normalized spacial score (nSPS) is 14.8. The van der Waals surface area contributed by atoms with Crippen LogP contribution in [-0.2, 0) is 20.1 Å². The van der Waals surface area contributed by atoms with Gasteiger partial charge >= 0.3 is 7.12 Å². The molecule has 2 aromatic heterocycles. The van der Waals surface area contributed by atoms with E-state index in [1.165, 1.54) is 88.3 Å². The minimum atomic E-state index is -0.335. The van der Waals surface area contributed by atoms with Gasteiger partial charge in [-0.25, -0.2) is 19.9 Å². The van der Waals surface area contributed by atoms with Crippen LogP contribution in [0.2, 0.25) is 15.3 Å². The summed E-state index contributed by atoms with van der Waals surface area (Å²) in [5.74, 6) is 0.725. The first-order chi connectivity index (χ1) is 49.3. The molecule has 0 saturated carbocycles. The number of nitrogens with zero attached hydrogens (tertiary/aromatic N) is 4. The highest BCUT2D eigenvalue weighted by Crippen LogP contribution is 2.52. The Labute approximate surface area is 609 Å². The molecular weight excluding hydrogens is 1310 g/mol. The van der Waals surface area contributed by atoms with Crippen LogP contribution in [-0.4, -0.2) is 38.3 Å². The van der Waals surface area contributed by atoms with E-state index in [1.54, 1.807) is 0 Å². The fraction of sp³-hybridized carbons (Fsp3) is 0.130. The van der Waals surface area contributed by atoms with Gasteiger partial charge in [0.1, 0.15) is 0 Å². The summed E-state index contributed by atoms with van der Waals surface area (Å²) in [4.78, 5) is 20.1. The van der Waals surface area contributed by atoms with Crippen molar-refractivity contribution < 1.29 is 9.31 Å². The molecule has 16 aromatic rings. The smallest absolute Gasteiger partial charge is 0.399 e. The number of hydrogen-bond donors (Lipinski definition) is 0. The van der Waals surface area contributed by atoms with Crippen LogP contribution in [0, 0.1) is 0 Å². The van der Waals surface area contributed by atoms with Crippen LogP contribution < -0.4 is 5.46 Å². The van der Waals surface area contributed by atoms with E-state index in [2.05, 4.69) is 320 Å². The second-order valence-corrected chi connectivity index (χ2v) is 30.2. The minimum absolute atomic E-state index is 0.0881. The van der Waals surface area contributed by atoms with E-state index in [-0.39, 0.29) is 34.4 Å². The molecule has 19 rings (SSSR count). The van der Waals surface area contributed by atoms with Gasteiger partial charge < -0.3 is 9.31 Å². The summed E-state index contributed by atoms with van der Waals surface area (Å²) in [6.45, 7) is 17.4. The third-order valence-electron chi connectivity index (χ3n) is 21.7. The van der Waals surface area contributed by atoms with Crippen LogP contribution in [0.15, 0.2) is 279 Å². The van der Waals surface area contributed by atoms with Gasteiger partial charge in [0.15, 0.2) is 5.82 Å². The second-order valence-electron chi connectivity index (χ2n) is 29.0. The quantitative estimate of drug-likeness (QED) is 0.0939. The highest BCUT2D eigenvalue weighted by atomic mass is 35.5. The van der Waals surface area contributed by atoms with Crippen molar-refractivity contribution in [1.29, 1.82) is 0 Å². The van der Waals surface area contributed by atoms with Gasteiger partial charge in [0.2, 0.25) is 5.28 Å². The van der Waals surface area contributed by atoms with Crippen molar-refractivity contribution >= 4 is 112 Å². The molecule has 10 heteroatoms. The molecule has 0 bridgehead atoms. The number of benzene rings is 14. The van der Waals surface area contributed by atoms with Crippen molar-refractivity contribution in [3.05, 3.63) is 317 Å². The lowest BCUT2D eigenvalue weighted by atomic mass is 9.74. The van der Waals surface area contributed by atoms with Crippen LogP contribution in [0.3, 0.4) is 0 Å². The van der Waals surface area contributed by atoms with Gasteiger partial charge in [0.05, 0.1) is 33.6 Å². The number of rotatable bonds is 6. The Kier molecular flexibility index (Phi) is 15.9. The van der Waals surface area contributed by atoms with Crippen LogP contribution in [0.4, 0.5) is 0 Å². The van der Waals surface area contributed by atoms with E-state index in [0.717, 1.165) is 92.8 Å². The largest absolute Gasteiger partial charge is 0.494 e. The van der Waals surface area contributed by atoms with Crippen molar-refractivity contribution in [1.82, 2.24) is 19.9 Å². The molecule has 0 unspecified atom stereocenters. The van der Waals surface area contributed by atoms with Gasteiger partial charge in [-0.05, 0) is 174 Å². The number of halogens is 3. The third kappa shape index (κ3) is 11.0. The van der Waals surface area contributed by atoms with E-state index < -0.39 is 0 Å². The summed E-state index contributed by atoms with van der Waals surface area (Å²) in [5.41, 5.74) is 21.7. The van der Waals surface area contributed by atoms with Gasteiger partial charge in [-0.15, -0.1) is 0 Å².